The van der Waals surface area contributed by atoms with E-state index in [0.29, 0.717) is 5.92 Å². The zero-order valence-electron chi connectivity index (χ0n) is 12.4. The molecule has 7 heteroatoms. The Morgan fingerprint density at radius 1 is 1.43 bits per heavy atom. The lowest BCUT2D eigenvalue weighted by molar-refractivity contribution is 0.0287. The third-order valence-corrected chi connectivity index (χ3v) is 4.69. The standard InChI is InChI=1S/C14H20ClNO4S/c1-9(2)6-10(3)20-14(17)13-7-12(21(15,18)19)8-16(13)11-4-5-11/h7-11H,4-6H2,1-3H3. The van der Waals surface area contributed by atoms with E-state index in [9.17, 15) is 13.2 Å². The molecule has 0 amide bonds. The molecule has 21 heavy (non-hydrogen) atoms. The second kappa shape index (κ2) is 6.01. The average Bonchev–Trinajstić information content (AvgIpc) is 3.04. The van der Waals surface area contributed by atoms with E-state index < -0.39 is 15.0 Å². The molecule has 1 aliphatic rings. The van der Waals surface area contributed by atoms with Crippen LogP contribution in [-0.4, -0.2) is 25.1 Å². The number of nitrogens with zero attached hydrogens (tertiary/aromatic N) is 1. The molecule has 1 aliphatic carbocycles. The number of ether oxygens (including phenoxy) is 1. The lowest BCUT2D eigenvalue weighted by atomic mass is 10.1. The maximum Gasteiger partial charge on any atom is 0.355 e. The van der Waals surface area contributed by atoms with Gasteiger partial charge in [0.1, 0.15) is 10.6 Å². The number of hydrogen-bond acceptors (Lipinski definition) is 4. The van der Waals surface area contributed by atoms with Crippen LogP contribution in [0.4, 0.5) is 0 Å². The van der Waals surface area contributed by atoms with Crippen molar-refractivity contribution in [3.8, 4) is 0 Å². The second-order valence-electron chi connectivity index (χ2n) is 5.98. The fraction of sp³-hybridized carbons (Fsp3) is 0.643. The molecule has 1 heterocycles. The summed E-state index contributed by atoms with van der Waals surface area (Å²) in [6.45, 7) is 5.94. The molecule has 1 fully saturated rings. The molecule has 0 aliphatic heterocycles. The molecule has 118 valence electrons. The predicted octanol–water partition coefficient (Wildman–Crippen LogP) is 3.34. The van der Waals surface area contributed by atoms with Crippen LogP contribution in [0.5, 0.6) is 0 Å². The number of hydrogen-bond donors (Lipinski definition) is 0. The third-order valence-electron chi connectivity index (χ3n) is 3.37. The second-order valence-corrected chi connectivity index (χ2v) is 8.55. The fourth-order valence-corrected chi connectivity index (χ4v) is 3.11. The van der Waals surface area contributed by atoms with Crippen molar-refractivity contribution in [3.63, 3.8) is 0 Å². The fourth-order valence-electron chi connectivity index (χ4n) is 2.36. The van der Waals surface area contributed by atoms with Crippen LogP contribution in [0.2, 0.25) is 0 Å². The minimum absolute atomic E-state index is 0.0560. The predicted molar refractivity (Wildman–Crippen MR) is 80.1 cm³/mol. The van der Waals surface area contributed by atoms with Gasteiger partial charge in [-0.3, -0.25) is 0 Å². The van der Waals surface area contributed by atoms with E-state index in [0.717, 1.165) is 19.3 Å². The molecule has 1 aromatic heterocycles. The van der Waals surface area contributed by atoms with Crippen LogP contribution in [0.25, 0.3) is 0 Å². The molecule has 2 rings (SSSR count). The SMILES string of the molecule is CC(C)CC(C)OC(=O)c1cc(S(=O)(=O)Cl)cn1C1CC1. The summed E-state index contributed by atoms with van der Waals surface area (Å²) in [5, 5.41) is 0. The van der Waals surface area contributed by atoms with Gasteiger partial charge in [-0.25, -0.2) is 13.2 Å². The summed E-state index contributed by atoms with van der Waals surface area (Å²) in [5.41, 5.74) is 0.257. The lowest BCUT2D eigenvalue weighted by Gasteiger charge is -2.16. The number of esters is 1. The molecule has 0 spiro atoms. The molecule has 1 atom stereocenters. The minimum atomic E-state index is -3.85. The van der Waals surface area contributed by atoms with Gasteiger partial charge in [0.05, 0.1) is 6.10 Å². The quantitative estimate of drug-likeness (QED) is 0.591. The molecule has 5 nitrogen and oxygen atoms in total. The molecule has 1 aromatic rings. The van der Waals surface area contributed by atoms with Gasteiger partial charge in [0, 0.05) is 22.9 Å². The van der Waals surface area contributed by atoms with Crippen molar-refractivity contribution in [1.29, 1.82) is 0 Å². The molecule has 0 radical (unpaired) electrons. The highest BCUT2D eigenvalue weighted by molar-refractivity contribution is 8.13. The first-order chi connectivity index (χ1) is 9.68. The van der Waals surface area contributed by atoms with Crippen molar-refractivity contribution >= 4 is 25.7 Å². The van der Waals surface area contributed by atoms with Crippen molar-refractivity contribution in [3.05, 3.63) is 18.0 Å². The molecule has 0 saturated heterocycles. The van der Waals surface area contributed by atoms with Gasteiger partial charge in [-0.2, -0.15) is 0 Å². The van der Waals surface area contributed by atoms with Crippen molar-refractivity contribution < 1.29 is 17.9 Å². The average molecular weight is 334 g/mol. The van der Waals surface area contributed by atoms with Gasteiger partial charge >= 0.3 is 5.97 Å². The summed E-state index contributed by atoms with van der Waals surface area (Å²) >= 11 is 0. The molecule has 0 bridgehead atoms. The monoisotopic (exact) mass is 333 g/mol. The molecule has 0 aromatic carbocycles. The number of aromatic nitrogens is 1. The largest absolute Gasteiger partial charge is 0.458 e. The van der Waals surface area contributed by atoms with E-state index in [1.54, 1.807) is 4.57 Å². The summed E-state index contributed by atoms with van der Waals surface area (Å²) in [6, 6.07) is 1.46. The van der Waals surface area contributed by atoms with Crippen molar-refractivity contribution in [2.45, 2.75) is 57.1 Å². The Morgan fingerprint density at radius 3 is 2.52 bits per heavy atom. The summed E-state index contributed by atoms with van der Waals surface area (Å²) in [6.07, 6.45) is 3.83. The van der Waals surface area contributed by atoms with Crippen molar-refractivity contribution in [2.75, 3.05) is 0 Å². The molecule has 0 N–H and O–H groups in total. The van der Waals surface area contributed by atoms with E-state index in [1.165, 1.54) is 12.3 Å². The molecular weight excluding hydrogens is 314 g/mol. The van der Waals surface area contributed by atoms with E-state index >= 15 is 0 Å². The maximum atomic E-state index is 12.2. The Morgan fingerprint density at radius 2 is 2.05 bits per heavy atom. The van der Waals surface area contributed by atoms with Gasteiger partial charge < -0.3 is 9.30 Å². The first-order valence-electron chi connectivity index (χ1n) is 7.06. The van der Waals surface area contributed by atoms with E-state index in [4.69, 9.17) is 15.4 Å². The number of rotatable bonds is 6. The van der Waals surface area contributed by atoms with Crippen molar-refractivity contribution in [1.82, 2.24) is 4.57 Å². The Labute approximate surface area is 129 Å². The van der Waals surface area contributed by atoms with Crippen LogP contribution >= 0.6 is 10.7 Å². The van der Waals surface area contributed by atoms with Gasteiger partial charge in [0.25, 0.3) is 9.05 Å². The van der Waals surface area contributed by atoms with Gasteiger partial charge in [0.2, 0.25) is 0 Å². The van der Waals surface area contributed by atoms with Crippen LogP contribution in [0, 0.1) is 5.92 Å². The normalized spacial score (nSPS) is 17.0. The Kier molecular flexibility index (Phi) is 4.68. The van der Waals surface area contributed by atoms with Crippen LogP contribution in [0.1, 0.15) is 56.6 Å². The zero-order valence-corrected chi connectivity index (χ0v) is 13.9. The summed E-state index contributed by atoms with van der Waals surface area (Å²) in [5.74, 6) is -0.0802. The summed E-state index contributed by atoms with van der Waals surface area (Å²) < 4.78 is 29.9. The Hall–Kier alpha value is -1.01. The summed E-state index contributed by atoms with van der Waals surface area (Å²) in [7, 11) is 1.51. The number of halogens is 1. The van der Waals surface area contributed by atoms with Gasteiger partial charge in [-0.1, -0.05) is 13.8 Å². The van der Waals surface area contributed by atoms with Crippen LogP contribution < -0.4 is 0 Å². The summed E-state index contributed by atoms with van der Waals surface area (Å²) in [4.78, 5) is 12.2. The first kappa shape index (κ1) is 16.4. The van der Waals surface area contributed by atoms with Crippen LogP contribution in [0.3, 0.4) is 0 Å². The third kappa shape index (κ3) is 4.23. The highest BCUT2D eigenvalue weighted by Gasteiger charge is 2.31. The first-order valence-corrected chi connectivity index (χ1v) is 9.37. The number of carbonyl (C=O) groups excluding carboxylic acids is 1. The molecular formula is C14H20ClNO4S. The van der Waals surface area contributed by atoms with Gasteiger partial charge in [0.15, 0.2) is 0 Å². The molecule has 1 saturated carbocycles. The maximum absolute atomic E-state index is 12.2. The van der Waals surface area contributed by atoms with Gasteiger partial charge in [-0.05, 0) is 38.2 Å². The highest BCUT2D eigenvalue weighted by atomic mass is 35.7. The Balaban J connectivity index is 2.21. The van der Waals surface area contributed by atoms with Crippen molar-refractivity contribution in [2.24, 2.45) is 5.92 Å². The smallest absolute Gasteiger partial charge is 0.355 e. The zero-order chi connectivity index (χ0) is 15.8. The molecule has 1 unspecified atom stereocenters. The lowest BCUT2D eigenvalue weighted by Crippen LogP contribution is -2.19. The number of carbonyl (C=O) groups is 1. The van der Waals surface area contributed by atoms with Crippen LogP contribution in [0.15, 0.2) is 17.2 Å². The Bertz CT molecular complexity index is 631. The van der Waals surface area contributed by atoms with E-state index in [1.807, 2.05) is 6.92 Å². The highest BCUT2D eigenvalue weighted by Crippen LogP contribution is 2.38. The van der Waals surface area contributed by atoms with Gasteiger partial charge in [-0.15, -0.1) is 0 Å². The van der Waals surface area contributed by atoms with E-state index in [-0.39, 0.29) is 22.7 Å². The van der Waals surface area contributed by atoms with E-state index in [2.05, 4.69) is 13.8 Å². The minimum Gasteiger partial charge on any atom is -0.458 e. The topological polar surface area (TPSA) is 65.4 Å². The van der Waals surface area contributed by atoms with Crippen LogP contribution in [-0.2, 0) is 13.8 Å².